The molecule has 3 aromatic carbocycles. The first-order valence-electron chi connectivity index (χ1n) is 11.3. The van der Waals surface area contributed by atoms with Gasteiger partial charge in [0.15, 0.2) is 0 Å². The molecule has 7 heteroatoms. The van der Waals surface area contributed by atoms with Crippen molar-refractivity contribution in [2.45, 2.75) is 12.6 Å². The molecule has 6 nitrogen and oxygen atoms in total. The van der Waals surface area contributed by atoms with E-state index in [2.05, 4.69) is 0 Å². The zero-order valence-corrected chi connectivity index (χ0v) is 19.6. The van der Waals surface area contributed by atoms with Crippen molar-refractivity contribution in [3.63, 3.8) is 0 Å². The minimum atomic E-state index is -0.805. The second kappa shape index (κ2) is 10.5. The van der Waals surface area contributed by atoms with E-state index in [1.165, 1.54) is 29.2 Å². The van der Waals surface area contributed by atoms with E-state index >= 15 is 0 Å². The minimum Gasteiger partial charge on any atom is -0.507 e. The summed E-state index contributed by atoms with van der Waals surface area (Å²) in [4.78, 5) is 29.5. The van der Waals surface area contributed by atoms with Gasteiger partial charge in [-0.1, -0.05) is 42.5 Å². The van der Waals surface area contributed by atoms with Gasteiger partial charge >= 0.3 is 0 Å². The standard InChI is InChI=1S/C28H27FN2O4/c1-30(2)15-16-31-25(21-9-6-10-23(17-21)35-18-19-7-4-3-5-8-19)24(27(33)28(31)34)26(32)20-11-13-22(29)14-12-20/h3-14,17,25,32H,15-16,18H2,1-2H3. The molecule has 0 spiro atoms. The molecule has 1 fully saturated rings. The van der Waals surface area contributed by atoms with Crippen molar-refractivity contribution in [3.8, 4) is 5.75 Å². The van der Waals surface area contributed by atoms with Crippen LogP contribution in [0.25, 0.3) is 5.76 Å². The number of rotatable bonds is 8. The second-order valence-electron chi connectivity index (χ2n) is 8.65. The molecule has 0 saturated carbocycles. The number of ether oxygens (including phenoxy) is 1. The number of carbonyl (C=O) groups is 2. The fourth-order valence-corrected chi connectivity index (χ4v) is 4.04. The van der Waals surface area contributed by atoms with Crippen LogP contribution in [0.3, 0.4) is 0 Å². The molecule has 35 heavy (non-hydrogen) atoms. The molecule has 180 valence electrons. The lowest BCUT2D eigenvalue weighted by molar-refractivity contribution is -0.140. The molecule has 0 aliphatic carbocycles. The number of carbonyl (C=O) groups excluding carboxylic acids is 2. The number of Topliss-reactive ketones (excluding diaryl/α,β-unsaturated/α-hetero) is 1. The molecule has 1 amide bonds. The van der Waals surface area contributed by atoms with Crippen molar-refractivity contribution in [2.75, 3.05) is 27.2 Å². The Balaban J connectivity index is 1.73. The van der Waals surface area contributed by atoms with Gasteiger partial charge in [0.25, 0.3) is 11.7 Å². The lowest BCUT2D eigenvalue weighted by atomic mass is 9.95. The van der Waals surface area contributed by atoms with Gasteiger partial charge in [-0.05, 0) is 61.6 Å². The van der Waals surface area contributed by atoms with E-state index in [1.54, 1.807) is 24.3 Å². The van der Waals surface area contributed by atoms with E-state index in [0.29, 0.717) is 24.5 Å². The van der Waals surface area contributed by atoms with Crippen LogP contribution in [-0.4, -0.2) is 53.8 Å². The number of likely N-dealkylation sites (tertiary alicyclic amines) is 1. The lowest BCUT2D eigenvalue weighted by Gasteiger charge is -2.27. The molecule has 1 heterocycles. The number of aliphatic hydroxyl groups excluding tert-OH is 1. The summed E-state index contributed by atoms with van der Waals surface area (Å²) in [7, 11) is 3.75. The van der Waals surface area contributed by atoms with Crippen LogP contribution in [0.2, 0.25) is 0 Å². The molecule has 1 aliphatic heterocycles. The number of amides is 1. The summed E-state index contributed by atoms with van der Waals surface area (Å²) in [5, 5.41) is 11.1. The first-order valence-corrected chi connectivity index (χ1v) is 11.3. The minimum absolute atomic E-state index is 0.0272. The third kappa shape index (κ3) is 5.41. The van der Waals surface area contributed by atoms with Crippen molar-refractivity contribution in [1.29, 1.82) is 0 Å². The number of nitrogens with zero attached hydrogens (tertiary/aromatic N) is 2. The molecule has 1 saturated heterocycles. The first-order chi connectivity index (χ1) is 16.8. The molecule has 3 aromatic rings. The van der Waals surface area contributed by atoms with Crippen LogP contribution in [0, 0.1) is 5.82 Å². The molecule has 1 aliphatic rings. The highest BCUT2D eigenvalue weighted by Gasteiger charge is 2.46. The topological polar surface area (TPSA) is 70.1 Å². The Morgan fingerprint density at radius 3 is 2.40 bits per heavy atom. The normalized spacial score (nSPS) is 17.3. The van der Waals surface area contributed by atoms with Crippen LogP contribution < -0.4 is 4.74 Å². The molecule has 0 aromatic heterocycles. The molecule has 1 unspecified atom stereocenters. The maximum absolute atomic E-state index is 13.4. The maximum atomic E-state index is 13.4. The molecule has 1 N–H and O–H groups in total. The van der Waals surface area contributed by atoms with Gasteiger partial charge in [0.1, 0.15) is 23.9 Å². The zero-order valence-electron chi connectivity index (χ0n) is 19.6. The number of ketones is 1. The Bertz CT molecular complexity index is 1240. The summed E-state index contributed by atoms with van der Waals surface area (Å²) in [5.41, 5.74) is 1.88. The maximum Gasteiger partial charge on any atom is 0.295 e. The van der Waals surface area contributed by atoms with Crippen molar-refractivity contribution < 1.29 is 23.8 Å². The molecule has 1 atom stereocenters. The van der Waals surface area contributed by atoms with Crippen LogP contribution >= 0.6 is 0 Å². The summed E-state index contributed by atoms with van der Waals surface area (Å²) < 4.78 is 19.4. The van der Waals surface area contributed by atoms with E-state index < -0.39 is 23.5 Å². The van der Waals surface area contributed by atoms with Crippen LogP contribution in [0.15, 0.2) is 84.4 Å². The highest BCUT2D eigenvalue weighted by atomic mass is 19.1. The molecule has 4 rings (SSSR count). The summed E-state index contributed by atoms with van der Waals surface area (Å²) in [6, 6.07) is 21.3. The number of halogens is 1. The second-order valence-corrected chi connectivity index (χ2v) is 8.65. The summed E-state index contributed by atoms with van der Waals surface area (Å²) in [5.74, 6) is -1.68. The number of likely N-dealkylation sites (N-methyl/N-ethyl adjacent to an activating group) is 1. The zero-order chi connectivity index (χ0) is 24.9. The summed E-state index contributed by atoms with van der Waals surface area (Å²) in [6.45, 7) is 1.18. The van der Waals surface area contributed by atoms with Crippen LogP contribution in [0.1, 0.15) is 22.7 Å². The fourth-order valence-electron chi connectivity index (χ4n) is 4.04. The third-order valence-corrected chi connectivity index (χ3v) is 5.87. The van der Waals surface area contributed by atoms with Crippen molar-refractivity contribution >= 4 is 17.4 Å². The van der Waals surface area contributed by atoms with Gasteiger partial charge in [0, 0.05) is 18.7 Å². The monoisotopic (exact) mass is 474 g/mol. The van der Waals surface area contributed by atoms with Gasteiger partial charge in [0.05, 0.1) is 11.6 Å². The predicted molar refractivity (Wildman–Crippen MR) is 131 cm³/mol. The van der Waals surface area contributed by atoms with E-state index in [1.807, 2.05) is 49.3 Å². The smallest absolute Gasteiger partial charge is 0.295 e. The van der Waals surface area contributed by atoms with Gasteiger partial charge < -0.3 is 19.6 Å². The van der Waals surface area contributed by atoms with E-state index in [0.717, 1.165) is 5.56 Å². The average Bonchev–Trinajstić information content (AvgIpc) is 3.12. The largest absolute Gasteiger partial charge is 0.507 e. The van der Waals surface area contributed by atoms with Crippen molar-refractivity contribution in [3.05, 3.63) is 107 Å². The highest BCUT2D eigenvalue weighted by Crippen LogP contribution is 2.40. The van der Waals surface area contributed by atoms with Crippen LogP contribution in [0.5, 0.6) is 5.75 Å². The van der Waals surface area contributed by atoms with Gasteiger partial charge in [-0.3, -0.25) is 9.59 Å². The number of aliphatic hydroxyl groups is 1. The molecular weight excluding hydrogens is 447 g/mol. The number of hydrogen-bond donors (Lipinski definition) is 1. The van der Waals surface area contributed by atoms with Gasteiger partial charge in [-0.15, -0.1) is 0 Å². The Morgan fingerprint density at radius 1 is 1.00 bits per heavy atom. The SMILES string of the molecule is CN(C)CCN1C(=O)C(=O)C(=C(O)c2ccc(F)cc2)C1c1cccc(OCc2ccccc2)c1. The van der Waals surface area contributed by atoms with Gasteiger partial charge in [-0.25, -0.2) is 4.39 Å². The fraction of sp³-hybridized carbons (Fsp3) is 0.214. The van der Waals surface area contributed by atoms with Crippen LogP contribution in [0.4, 0.5) is 4.39 Å². The van der Waals surface area contributed by atoms with Gasteiger partial charge in [-0.2, -0.15) is 0 Å². The molecule has 0 radical (unpaired) electrons. The Kier molecular flexibility index (Phi) is 7.27. The van der Waals surface area contributed by atoms with Gasteiger partial charge in [0.2, 0.25) is 0 Å². The van der Waals surface area contributed by atoms with E-state index in [-0.39, 0.29) is 23.4 Å². The molecular formula is C28H27FN2O4. The highest BCUT2D eigenvalue weighted by molar-refractivity contribution is 6.46. The summed E-state index contributed by atoms with van der Waals surface area (Å²) >= 11 is 0. The summed E-state index contributed by atoms with van der Waals surface area (Å²) in [6.07, 6.45) is 0. The van der Waals surface area contributed by atoms with E-state index in [9.17, 15) is 19.1 Å². The predicted octanol–water partition coefficient (Wildman–Crippen LogP) is 4.39. The lowest BCUT2D eigenvalue weighted by Crippen LogP contribution is -2.35. The quantitative estimate of drug-likeness (QED) is 0.298. The van der Waals surface area contributed by atoms with E-state index in [4.69, 9.17) is 4.74 Å². The number of benzene rings is 3. The van der Waals surface area contributed by atoms with Crippen molar-refractivity contribution in [1.82, 2.24) is 9.80 Å². The Labute approximate surface area is 203 Å². The third-order valence-electron chi connectivity index (χ3n) is 5.87. The van der Waals surface area contributed by atoms with Crippen LogP contribution in [-0.2, 0) is 16.2 Å². The number of hydrogen-bond acceptors (Lipinski definition) is 5. The Hall–Kier alpha value is -3.97. The average molecular weight is 475 g/mol. The first kappa shape index (κ1) is 24.2. The van der Waals surface area contributed by atoms with Crippen molar-refractivity contribution in [2.24, 2.45) is 0 Å². The Morgan fingerprint density at radius 2 is 1.71 bits per heavy atom. The molecule has 0 bridgehead atoms.